The molecule has 0 aliphatic heterocycles. The number of ether oxygens (including phenoxy) is 1. The molecule has 1 aliphatic rings. The SMILES string of the molecule is COc1ccc(C2C(C(=O)c3ccccc3)C2C(=O)c2ccc(Cl)cc2)cc1. The van der Waals surface area contributed by atoms with Crippen LogP contribution in [0.15, 0.2) is 78.9 Å². The summed E-state index contributed by atoms with van der Waals surface area (Å²) in [6.45, 7) is 0. The molecule has 0 N–H and O–H groups in total. The highest BCUT2D eigenvalue weighted by Crippen LogP contribution is 2.57. The van der Waals surface area contributed by atoms with Crippen molar-refractivity contribution in [3.63, 3.8) is 0 Å². The minimum atomic E-state index is -0.373. The van der Waals surface area contributed by atoms with E-state index in [9.17, 15) is 9.59 Å². The number of hydrogen-bond donors (Lipinski definition) is 0. The van der Waals surface area contributed by atoms with Crippen molar-refractivity contribution in [1.82, 2.24) is 0 Å². The van der Waals surface area contributed by atoms with Crippen molar-refractivity contribution in [3.8, 4) is 5.75 Å². The predicted octanol–water partition coefficient (Wildman–Crippen LogP) is 5.44. The first kappa shape index (κ1) is 18.5. The second-order valence-corrected chi connectivity index (χ2v) is 7.39. The molecule has 3 nitrogen and oxygen atoms in total. The van der Waals surface area contributed by atoms with Crippen LogP contribution in [0.2, 0.25) is 5.02 Å². The zero-order chi connectivity index (χ0) is 19.7. The largest absolute Gasteiger partial charge is 0.497 e. The van der Waals surface area contributed by atoms with Crippen LogP contribution in [0.3, 0.4) is 0 Å². The molecule has 1 fully saturated rings. The molecule has 0 saturated heterocycles. The molecule has 4 heteroatoms. The van der Waals surface area contributed by atoms with E-state index in [1.54, 1.807) is 43.5 Å². The second kappa shape index (κ2) is 7.61. The Balaban J connectivity index is 1.67. The van der Waals surface area contributed by atoms with Crippen LogP contribution in [0.4, 0.5) is 0 Å². The van der Waals surface area contributed by atoms with Crippen molar-refractivity contribution in [1.29, 1.82) is 0 Å². The second-order valence-electron chi connectivity index (χ2n) is 6.95. The summed E-state index contributed by atoms with van der Waals surface area (Å²) in [7, 11) is 1.61. The highest BCUT2D eigenvalue weighted by atomic mass is 35.5. The summed E-state index contributed by atoms with van der Waals surface area (Å²) in [5.41, 5.74) is 2.19. The van der Waals surface area contributed by atoms with Crippen LogP contribution in [-0.4, -0.2) is 18.7 Å². The number of rotatable bonds is 6. The average molecular weight is 391 g/mol. The van der Waals surface area contributed by atoms with Crippen LogP contribution in [0.1, 0.15) is 32.2 Å². The Morgan fingerprint density at radius 3 is 1.82 bits per heavy atom. The number of halogens is 1. The molecule has 3 unspecified atom stereocenters. The van der Waals surface area contributed by atoms with Crippen LogP contribution in [0, 0.1) is 11.8 Å². The van der Waals surface area contributed by atoms with Gasteiger partial charge in [0.05, 0.1) is 7.11 Å². The van der Waals surface area contributed by atoms with Gasteiger partial charge in [-0.3, -0.25) is 9.59 Å². The van der Waals surface area contributed by atoms with Gasteiger partial charge in [-0.2, -0.15) is 0 Å². The summed E-state index contributed by atoms with van der Waals surface area (Å²) in [5, 5.41) is 0.580. The fourth-order valence-electron chi connectivity index (χ4n) is 3.81. The third-order valence-corrected chi connectivity index (χ3v) is 5.57. The number of methoxy groups -OCH3 is 1. The van der Waals surface area contributed by atoms with E-state index in [-0.39, 0.29) is 29.3 Å². The van der Waals surface area contributed by atoms with E-state index in [2.05, 4.69) is 0 Å². The van der Waals surface area contributed by atoms with Gasteiger partial charge >= 0.3 is 0 Å². The molecule has 28 heavy (non-hydrogen) atoms. The molecule has 1 aliphatic carbocycles. The van der Waals surface area contributed by atoms with E-state index >= 15 is 0 Å². The molecule has 3 aromatic rings. The Kier molecular flexibility index (Phi) is 5.01. The van der Waals surface area contributed by atoms with Crippen LogP contribution < -0.4 is 4.74 Å². The minimum Gasteiger partial charge on any atom is -0.497 e. The third-order valence-electron chi connectivity index (χ3n) is 5.31. The quantitative estimate of drug-likeness (QED) is 0.526. The molecule has 3 atom stereocenters. The molecule has 4 rings (SSSR count). The molecule has 0 aromatic heterocycles. The highest BCUT2D eigenvalue weighted by molar-refractivity contribution is 6.30. The van der Waals surface area contributed by atoms with Gasteiger partial charge in [0.2, 0.25) is 0 Å². The van der Waals surface area contributed by atoms with Gasteiger partial charge in [-0.25, -0.2) is 0 Å². The summed E-state index contributed by atoms with van der Waals surface area (Å²) in [5.74, 6) is -0.139. The molecule has 1 saturated carbocycles. The number of carbonyl (C=O) groups excluding carboxylic acids is 2. The molecule has 0 heterocycles. The first-order valence-corrected chi connectivity index (χ1v) is 9.51. The lowest BCUT2D eigenvalue weighted by atomic mass is 10.0. The number of carbonyl (C=O) groups is 2. The summed E-state index contributed by atoms with van der Waals surface area (Å²) < 4.78 is 5.22. The summed E-state index contributed by atoms with van der Waals surface area (Å²) in [4.78, 5) is 26.3. The van der Waals surface area contributed by atoms with Gasteiger partial charge in [0, 0.05) is 33.9 Å². The van der Waals surface area contributed by atoms with Gasteiger partial charge in [-0.1, -0.05) is 54.1 Å². The van der Waals surface area contributed by atoms with E-state index in [4.69, 9.17) is 16.3 Å². The number of hydrogen-bond acceptors (Lipinski definition) is 3. The normalized spacial score (nSPS) is 20.4. The Bertz CT molecular complexity index is 994. The maximum atomic E-state index is 13.2. The molecule has 0 spiro atoms. The van der Waals surface area contributed by atoms with Crippen LogP contribution in [0.5, 0.6) is 5.75 Å². The minimum absolute atomic E-state index is 0.00808. The van der Waals surface area contributed by atoms with Gasteiger partial charge in [-0.15, -0.1) is 0 Å². The zero-order valence-corrected chi connectivity index (χ0v) is 16.1. The monoisotopic (exact) mass is 390 g/mol. The van der Waals surface area contributed by atoms with Gasteiger partial charge in [0.15, 0.2) is 11.6 Å². The van der Waals surface area contributed by atoms with Crippen molar-refractivity contribution in [3.05, 3.63) is 101 Å². The van der Waals surface area contributed by atoms with Gasteiger partial charge < -0.3 is 4.74 Å². The number of ketones is 2. The van der Waals surface area contributed by atoms with Crippen molar-refractivity contribution in [2.45, 2.75) is 5.92 Å². The first-order chi connectivity index (χ1) is 13.6. The smallest absolute Gasteiger partial charge is 0.167 e. The topological polar surface area (TPSA) is 43.4 Å². The van der Waals surface area contributed by atoms with Crippen molar-refractivity contribution in [2.24, 2.45) is 11.8 Å². The number of benzene rings is 3. The lowest BCUT2D eigenvalue weighted by Crippen LogP contribution is -2.09. The maximum Gasteiger partial charge on any atom is 0.167 e. The highest BCUT2D eigenvalue weighted by Gasteiger charge is 2.59. The lowest BCUT2D eigenvalue weighted by Gasteiger charge is -2.03. The summed E-state index contributed by atoms with van der Waals surface area (Å²) in [6, 6.07) is 23.6. The predicted molar refractivity (Wildman–Crippen MR) is 109 cm³/mol. The van der Waals surface area contributed by atoms with Crippen LogP contribution in [0.25, 0.3) is 0 Å². The maximum absolute atomic E-state index is 13.2. The van der Waals surface area contributed by atoms with Gasteiger partial charge in [-0.05, 0) is 42.0 Å². The Hall–Kier alpha value is -2.91. The fraction of sp³-hybridized carbons (Fsp3) is 0.167. The molecular formula is C24H19ClO3. The molecule has 0 amide bonds. The summed E-state index contributed by atoms with van der Waals surface area (Å²) in [6.07, 6.45) is 0. The average Bonchev–Trinajstić information content (AvgIpc) is 3.49. The van der Waals surface area contributed by atoms with E-state index < -0.39 is 0 Å². The van der Waals surface area contributed by atoms with Crippen LogP contribution in [-0.2, 0) is 0 Å². The van der Waals surface area contributed by atoms with Gasteiger partial charge in [0.25, 0.3) is 0 Å². The molecule has 3 aromatic carbocycles. The molecule has 0 radical (unpaired) electrons. The molecule has 0 bridgehead atoms. The van der Waals surface area contributed by atoms with Crippen molar-refractivity contribution in [2.75, 3.05) is 7.11 Å². The number of Topliss-reactive ketones (excluding diaryl/α,β-unsaturated/α-hetero) is 2. The zero-order valence-electron chi connectivity index (χ0n) is 15.3. The first-order valence-electron chi connectivity index (χ1n) is 9.13. The van der Waals surface area contributed by atoms with Crippen LogP contribution >= 0.6 is 11.6 Å². The molecular weight excluding hydrogens is 372 g/mol. The third kappa shape index (κ3) is 3.46. The van der Waals surface area contributed by atoms with E-state index in [1.807, 2.05) is 42.5 Å². The Labute approximate surface area is 168 Å². The Morgan fingerprint density at radius 2 is 1.29 bits per heavy atom. The fourth-order valence-corrected chi connectivity index (χ4v) is 3.93. The van der Waals surface area contributed by atoms with E-state index in [0.717, 1.165) is 11.3 Å². The Morgan fingerprint density at radius 1 is 0.750 bits per heavy atom. The van der Waals surface area contributed by atoms with E-state index in [1.165, 1.54) is 0 Å². The summed E-state index contributed by atoms with van der Waals surface area (Å²) >= 11 is 5.95. The van der Waals surface area contributed by atoms with E-state index in [0.29, 0.717) is 16.1 Å². The van der Waals surface area contributed by atoms with Gasteiger partial charge in [0.1, 0.15) is 5.75 Å². The van der Waals surface area contributed by atoms with Crippen molar-refractivity contribution < 1.29 is 14.3 Å². The van der Waals surface area contributed by atoms with Crippen molar-refractivity contribution >= 4 is 23.2 Å². The molecule has 140 valence electrons. The lowest BCUT2D eigenvalue weighted by molar-refractivity contribution is 0.0906. The standard InChI is InChI=1S/C24H19ClO3/c1-28-19-13-9-15(10-14-19)20-21(23(26)16-5-3-2-4-6-16)22(20)24(27)17-7-11-18(25)12-8-17/h2-14,20-22H,1H3.